The van der Waals surface area contributed by atoms with Gasteiger partial charge in [0.25, 0.3) is 0 Å². The van der Waals surface area contributed by atoms with Crippen LogP contribution < -0.4 is 0 Å². The minimum Gasteiger partial charge on any atom is -0.309 e. The van der Waals surface area contributed by atoms with Crippen LogP contribution in [0.15, 0.2) is 188 Å². The predicted octanol–water partition coefficient (Wildman–Crippen LogP) is 14.7. The number of aromatic nitrogens is 3. The van der Waals surface area contributed by atoms with Crippen molar-refractivity contribution in [3.05, 3.63) is 188 Å². The first-order chi connectivity index (χ1) is 28.2. The summed E-state index contributed by atoms with van der Waals surface area (Å²) in [5.41, 5.74) is 11.4. The Labute approximate surface area is 330 Å². The number of benzene rings is 9. The van der Waals surface area contributed by atoms with Gasteiger partial charge >= 0.3 is 0 Å². The number of rotatable bonds is 3. The Morgan fingerprint density at radius 3 is 1.65 bits per heavy atom. The second-order valence-corrected chi connectivity index (χ2v) is 16.2. The van der Waals surface area contributed by atoms with Crippen molar-refractivity contribution in [3.8, 4) is 28.1 Å². The van der Waals surface area contributed by atoms with Crippen molar-refractivity contribution in [1.29, 1.82) is 0 Å². The van der Waals surface area contributed by atoms with Crippen LogP contribution in [0.5, 0.6) is 0 Å². The van der Waals surface area contributed by atoms with Crippen molar-refractivity contribution < 1.29 is 0 Å². The Kier molecular flexibility index (Phi) is 6.32. The molecule has 4 aromatic heterocycles. The zero-order valence-electron chi connectivity index (χ0n) is 30.6. The van der Waals surface area contributed by atoms with Crippen LogP contribution in [0.25, 0.3) is 119 Å². The van der Waals surface area contributed by atoms with Crippen LogP contribution in [0.4, 0.5) is 0 Å². The molecule has 0 unspecified atom stereocenters. The van der Waals surface area contributed by atoms with Gasteiger partial charge in [0.2, 0.25) is 0 Å². The van der Waals surface area contributed by atoms with E-state index in [9.17, 15) is 0 Å². The van der Waals surface area contributed by atoms with Gasteiger partial charge in [-0.15, -0.1) is 11.3 Å². The summed E-state index contributed by atoms with van der Waals surface area (Å²) in [7, 11) is 0. The van der Waals surface area contributed by atoms with Gasteiger partial charge < -0.3 is 4.57 Å². The van der Waals surface area contributed by atoms with E-state index in [-0.39, 0.29) is 0 Å². The monoisotopic (exact) mass is 741 g/mol. The molecule has 57 heavy (non-hydrogen) atoms. The highest BCUT2D eigenvalue weighted by Crippen LogP contribution is 2.44. The van der Waals surface area contributed by atoms with Crippen molar-refractivity contribution >= 4 is 102 Å². The van der Waals surface area contributed by atoms with E-state index in [0.717, 1.165) is 33.6 Å². The van der Waals surface area contributed by atoms with Crippen molar-refractivity contribution in [2.24, 2.45) is 0 Å². The van der Waals surface area contributed by atoms with Crippen LogP contribution in [0.3, 0.4) is 0 Å². The Morgan fingerprint density at radius 1 is 0.368 bits per heavy atom. The molecule has 0 radical (unpaired) electrons. The molecule has 0 aliphatic rings. The molecule has 0 aliphatic heterocycles. The van der Waals surface area contributed by atoms with Crippen molar-refractivity contribution in [2.75, 3.05) is 0 Å². The quantitative estimate of drug-likeness (QED) is 0.165. The molecule has 0 aliphatic carbocycles. The molecule has 4 heteroatoms. The van der Waals surface area contributed by atoms with Gasteiger partial charge in [-0.1, -0.05) is 133 Å². The highest BCUT2D eigenvalue weighted by Gasteiger charge is 2.20. The van der Waals surface area contributed by atoms with Gasteiger partial charge in [-0.3, -0.25) is 4.40 Å². The predicted molar refractivity (Wildman–Crippen MR) is 243 cm³/mol. The summed E-state index contributed by atoms with van der Waals surface area (Å²) in [5.74, 6) is 0. The van der Waals surface area contributed by atoms with Gasteiger partial charge in [-0.25, -0.2) is 4.98 Å². The van der Waals surface area contributed by atoms with E-state index in [2.05, 4.69) is 197 Å². The van der Waals surface area contributed by atoms with E-state index in [1.54, 1.807) is 0 Å². The summed E-state index contributed by atoms with van der Waals surface area (Å²) in [6.07, 6.45) is 0. The Hall–Kier alpha value is -7.27. The van der Waals surface area contributed by atoms with Crippen LogP contribution in [-0.4, -0.2) is 14.0 Å². The van der Waals surface area contributed by atoms with E-state index in [1.165, 1.54) is 85.4 Å². The zero-order chi connectivity index (χ0) is 37.2. The number of imidazole rings is 1. The minimum atomic E-state index is 1.01. The lowest BCUT2D eigenvalue weighted by molar-refractivity contribution is 1.18. The fourth-order valence-corrected chi connectivity index (χ4v) is 10.6. The van der Waals surface area contributed by atoms with Crippen molar-refractivity contribution in [2.45, 2.75) is 0 Å². The standard InChI is InChI=1S/C53H31N3S/c1-2-11-37-28-39-30-50-46(29-38(39)27-36(37)10-1)54-53-52-45(44-26-23-34-9-3-4-12-41(34)51(44)57-52)31-49(56(50)53)35-19-17-32(18-20-35)33-21-24-40(25-22-33)55-47-15-7-5-13-42(47)43-14-6-8-16-48(43)55/h1-31H. The molecule has 0 saturated carbocycles. The SMILES string of the molecule is c1ccc2cc3cc4c(cc3cc2c1)nc1c2sc3c5ccccc5ccc3c2cc(-c2ccc(-c3ccc(-n5c6ccccc6c6ccccc65)cc3)cc2)n41. The molecular formula is C53H31N3S. The van der Waals surface area contributed by atoms with Crippen molar-refractivity contribution in [1.82, 2.24) is 14.0 Å². The summed E-state index contributed by atoms with van der Waals surface area (Å²) in [6, 6.07) is 68.9. The van der Waals surface area contributed by atoms with Gasteiger partial charge in [0.15, 0.2) is 5.65 Å². The summed E-state index contributed by atoms with van der Waals surface area (Å²) in [5, 5.41) is 12.5. The minimum absolute atomic E-state index is 1.01. The van der Waals surface area contributed by atoms with E-state index < -0.39 is 0 Å². The number of nitrogens with zero attached hydrogens (tertiary/aromatic N) is 3. The maximum Gasteiger partial charge on any atom is 0.156 e. The number of thiophene rings is 1. The van der Waals surface area contributed by atoms with Crippen LogP contribution in [0.2, 0.25) is 0 Å². The van der Waals surface area contributed by atoms with Crippen molar-refractivity contribution in [3.63, 3.8) is 0 Å². The number of para-hydroxylation sites is 2. The largest absolute Gasteiger partial charge is 0.309 e. The highest BCUT2D eigenvalue weighted by molar-refractivity contribution is 7.27. The Bertz CT molecular complexity index is 3740. The smallest absolute Gasteiger partial charge is 0.156 e. The molecule has 13 aromatic rings. The first-order valence-electron chi connectivity index (χ1n) is 19.4. The molecule has 3 nitrogen and oxygen atoms in total. The van der Waals surface area contributed by atoms with Gasteiger partial charge in [0.05, 0.1) is 32.5 Å². The fourth-order valence-electron chi connectivity index (χ4n) is 9.32. The summed E-state index contributed by atoms with van der Waals surface area (Å²) in [4.78, 5) is 5.44. The van der Waals surface area contributed by atoms with E-state index in [0.29, 0.717) is 0 Å². The van der Waals surface area contributed by atoms with E-state index >= 15 is 0 Å². The van der Waals surface area contributed by atoms with Gasteiger partial charge in [-0.05, 0) is 104 Å². The molecule has 0 bridgehead atoms. The van der Waals surface area contributed by atoms with Gasteiger partial charge in [0.1, 0.15) is 0 Å². The maximum absolute atomic E-state index is 5.44. The molecule has 0 amide bonds. The lowest BCUT2D eigenvalue weighted by atomic mass is 10.0. The summed E-state index contributed by atoms with van der Waals surface area (Å²) >= 11 is 1.86. The molecule has 0 N–H and O–H groups in total. The second-order valence-electron chi connectivity index (χ2n) is 15.2. The van der Waals surface area contributed by atoms with E-state index in [1.807, 2.05) is 11.3 Å². The Morgan fingerprint density at radius 2 is 0.947 bits per heavy atom. The first kappa shape index (κ1) is 31.0. The third-order valence-corrected chi connectivity index (χ3v) is 13.3. The summed E-state index contributed by atoms with van der Waals surface area (Å²) < 4.78 is 7.30. The maximum atomic E-state index is 5.44. The van der Waals surface area contributed by atoms with Crippen LogP contribution in [-0.2, 0) is 0 Å². The average molecular weight is 742 g/mol. The molecule has 9 aromatic carbocycles. The van der Waals surface area contributed by atoms with Gasteiger partial charge in [0, 0.05) is 31.9 Å². The summed E-state index contributed by atoms with van der Waals surface area (Å²) in [6.45, 7) is 0. The molecule has 4 heterocycles. The molecule has 0 spiro atoms. The molecule has 0 saturated heterocycles. The molecule has 13 rings (SSSR count). The molecular weight excluding hydrogens is 711 g/mol. The topological polar surface area (TPSA) is 22.2 Å². The molecule has 264 valence electrons. The second kappa shape index (κ2) is 11.6. The highest BCUT2D eigenvalue weighted by atomic mass is 32.1. The lowest BCUT2D eigenvalue weighted by Gasteiger charge is -2.11. The normalized spacial score (nSPS) is 12.2. The van der Waals surface area contributed by atoms with Gasteiger partial charge in [-0.2, -0.15) is 0 Å². The number of hydrogen-bond acceptors (Lipinski definition) is 2. The number of hydrogen-bond donors (Lipinski definition) is 0. The first-order valence-corrected chi connectivity index (χ1v) is 20.3. The van der Waals surface area contributed by atoms with E-state index in [4.69, 9.17) is 4.98 Å². The van der Waals surface area contributed by atoms with Crippen LogP contribution >= 0.6 is 11.3 Å². The van der Waals surface area contributed by atoms with Crippen LogP contribution in [0.1, 0.15) is 0 Å². The molecule has 0 fully saturated rings. The third-order valence-electron chi connectivity index (χ3n) is 12.0. The third kappa shape index (κ3) is 4.50. The van der Waals surface area contributed by atoms with Crippen LogP contribution in [0, 0.1) is 0 Å². The number of pyridine rings is 1. The number of fused-ring (bicyclic) bond motifs is 14. The lowest BCUT2D eigenvalue weighted by Crippen LogP contribution is -1.94. The zero-order valence-corrected chi connectivity index (χ0v) is 31.5. The fraction of sp³-hybridized carbons (Fsp3) is 0. The average Bonchev–Trinajstić information content (AvgIpc) is 3.94. The molecule has 0 atom stereocenters. The Balaban J connectivity index is 0.989.